The van der Waals surface area contributed by atoms with Gasteiger partial charge in [-0.05, 0) is 0 Å². The summed E-state index contributed by atoms with van der Waals surface area (Å²) in [6, 6.07) is 0. The van der Waals surface area contributed by atoms with E-state index in [0.717, 1.165) is 0 Å². The highest BCUT2D eigenvalue weighted by atomic mass is 19.4. The third-order valence-corrected chi connectivity index (χ3v) is 0.912. The molecule has 0 aromatic rings. The minimum atomic E-state index is -4.56. The molecule has 0 aromatic carbocycles. The lowest BCUT2D eigenvalue weighted by atomic mass is 10.4. The van der Waals surface area contributed by atoms with Gasteiger partial charge >= 0.3 is 6.36 Å². The summed E-state index contributed by atoms with van der Waals surface area (Å²) in [6.07, 6.45) is -3.21. The molecule has 2 nitrogen and oxygen atoms in total. The Labute approximate surface area is 55.7 Å². The van der Waals surface area contributed by atoms with Crippen LogP contribution in [0.2, 0.25) is 0 Å². The third kappa shape index (κ3) is 2.16. The van der Waals surface area contributed by atoms with Crippen molar-refractivity contribution in [3.8, 4) is 0 Å². The first-order valence-corrected chi connectivity index (χ1v) is 2.60. The summed E-state index contributed by atoms with van der Waals surface area (Å²) < 4.78 is 37.8. The van der Waals surface area contributed by atoms with E-state index in [1.54, 1.807) is 0 Å². The summed E-state index contributed by atoms with van der Waals surface area (Å²) in [7, 11) is 0. The van der Waals surface area contributed by atoms with E-state index in [9.17, 15) is 13.2 Å². The van der Waals surface area contributed by atoms with Gasteiger partial charge in [0.25, 0.3) is 0 Å². The number of halogens is 3. The Morgan fingerprint density at radius 1 is 1.50 bits per heavy atom. The fraction of sp³-hybridized carbons (Fsp3) is 0.400. The normalized spacial score (nSPS) is 18.1. The molecule has 1 aliphatic rings. The molecule has 10 heavy (non-hydrogen) atoms. The summed E-state index contributed by atoms with van der Waals surface area (Å²) in [4.78, 5) is 0. The van der Waals surface area contributed by atoms with E-state index in [0.29, 0.717) is 0 Å². The van der Waals surface area contributed by atoms with Crippen molar-refractivity contribution in [2.45, 2.75) is 12.8 Å². The van der Waals surface area contributed by atoms with Gasteiger partial charge in [0.2, 0.25) is 0 Å². The van der Waals surface area contributed by atoms with E-state index in [2.05, 4.69) is 10.1 Å². The predicted molar refractivity (Wildman–Crippen MR) is 27.3 cm³/mol. The van der Waals surface area contributed by atoms with Gasteiger partial charge in [-0.25, -0.2) is 0 Å². The third-order valence-electron chi connectivity index (χ3n) is 0.912. The molecule has 0 fully saturated rings. The topological polar surface area (TPSA) is 21.3 Å². The summed E-state index contributed by atoms with van der Waals surface area (Å²) >= 11 is 0. The Morgan fingerprint density at radius 2 is 2.20 bits per heavy atom. The van der Waals surface area contributed by atoms with Crippen molar-refractivity contribution in [2.75, 3.05) is 0 Å². The molecule has 1 heterocycles. The van der Waals surface area contributed by atoms with Crippen LogP contribution in [0.1, 0.15) is 6.42 Å². The van der Waals surface area contributed by atoms with Crippen molar-refractivity contribution in [1.29, 1.82) is 0 Å². The highest BCUT2D eigenvalue weighted by molar-refractivity contribution is 5.04. The molecular formula is C5H5F3NO. The van der Waals surface area contributed by atoms with Crippen molar-refractivity contribution in [3.05, 3.63) is 18.5 Å². The molecular weight excluding hydrogens is 147 g/mol. The van der Waals surface area contributed by atoms with Gasteiger partial charge < -0.3 is 10.1 Å². The van der Waals surface area contributed by atoms with Gasteiger partial charge in [-0.2, -0.15) is 0 Å². The van der Waals surface area contributed by atoms with Gasteiger partial charge in [0.1, 0.15) is 5.76 Å². The highest BCUT2D eigenvalue weighted by Gasteiger charge is 2.32. The van der Waals surface area contributed by atoms with Crippen LogP contribution < -0.4 is 5.32 Å². The SMILES string of the molecule is FC(F)(F)OC1=CN[CH]C1. The van der Waals surface area contributed by atoms with E-state index in [4.69, 9.17) is 0 Å². The van der Waals surface area contributed by atoms with Crippen LogP contribution >= 0.6 is 0 Å². The number of rotatable bonds is 1. The first kappa shape index (κ1) is 7.24. The fourth-order valence-corrected chi connectivity index (χ4v) is 0.590. The Bertz CT molecular complexity index is 151. The molecule has 57 valence electrons. The van der Waals surface area contributed by atoms with Crippen LogP contribution in [0.15, 0.2) is 12.0 Å². The van der Waals surface area contributed by atoms with Crippen LogP contribution in [-0.4, -0.2) is 6.36 Å². The lowest BCUT2D eigenvalue weighted by Gasteiger charge is -2.07. The molecule has 5 heteroatoms. The average molecular weight is 152 g/mol. The molecule has 1 radical (unpaired) electrons. The second-order valence-corrected chi connectivity index (χ2v) is 1.73. The minimum absolute atomic E-state index is 0.104. The molecule has 0 bridgehead atoms. The Kier molecular flexibility index (Phi) is 1.74. The molecule has 0 unspecified atom stereocenters. The maximum absolute atomic E-state index is 11.4. The van der Waals surface area contributed by atoms with Gasteiger partial charge in [0.15, 0.2) is 0 Å². The van der Waals surface area contributed by atoms with Gasteiger partial charge in [0, 0.05) is 12.6 Å². The Hall–Kier alpha value is -0.870. The minimum Gasteiger partial charge on any atom is -0.409 e. The zero-order chi connectivity index (χ0) is 7.61. The molecule has 0 aliphatic carbocycles. The molecule has 1 aliphatic heterocycles. The molecule has 1 rings (SSSR count). The predicted octanol–water partition coefficient (Wildman–Crippen LogP) is 1.52. The van der Waals surface area contributed by atoms with Crippen LogP contribution in [0, 0.1) is 6.54 Å². The number of hydrogen-bond acceptors (Lipinski definition) is 2. The summed E-state index contributed by atoms with van der Waals surface area (Å²) in [5, 5.41) is 2.48. The van der Waals surface area contributed by atoms with Gasteiger partial charge in [-0.3, -0.25) is 0 Å². The lowest BCUT2D eigenvalue weighted by Crippen LogP contribution is -2.11. The van der Waals surface area contributed by atoms with Gasteiger partial charge in [-0.1, -0.05) is 0 Å². The Balaban J connectivity index is 2.38. The number of alkyl halides is 3. The monoisotopic (exact) mass is 152 g/mol. The Morgan fingerprint density at radius 3 is 2.60 bits per heavy atom. The molecule has 1 N–H and O–H groups in total. The zero-order valence-electron chi connectivity index (χ0n) is 4.90. The maximum atomic E-state index is 11.4. The van der Waals surface area contributed by atoms with Gasteiger partial charge in [0.05, 0.1) is 6.54 Å². The van der Waals surface area contributed by atoms with E-state index in [1.165, 1.54) is 12.7 Å². The van der Waals surface area contributed by atoms with E-state index in [-0.39, 0.29) is 12.2 Å². The van der Waals surface area contributed by atoms with E-state index in [1.807, 2.05) is 0 Å². The molecule has 0 atom stereocenters. The summed E-state index contributed by atoms with van der Waals surface area (Å²) in [5.41, 5.74) is 0. The lowest BCUT2D eigenvalue weighted by molar-refractivity contribution is -0.305. The van der Waals surface area contributed by atoms with E-state index >= 15 is 0 Å². The summed E-state index contributed by atoms with van der Waals surface area (Å²) in [6.45, 7) is 1.47. The standard InChI is InChI=1S/C5H5F3NO/c6-5(7,8)10-4-1-2-9-3-4/h2-3,9H,1H2. The van der Waals surface area contributed by atoms with Gasteiger partial charge in [-0.15, -0.1) is 13.2 Å². The molecule has 0 saturated heterocycles. The van der Waals surface area contributed by atoms with Crippen molar-refractivity contribution in [1.82, 2.24) is 5.32 Å². The fourth-order valence-electron chi connectivity index (χ4n) is 0.590. The van der Waals surface area contributed by atoms with Crippen LogP contribution in [-0.2, 0) is 4.74 Å². The molecule has 0 amide bonds. The first-order valence-electron chi connectivity index (χ1n) is 2.60. The molecule has 0 aromatic heterocycles. The number of hydrogen-bond donors (Lipinski definition) is 1. The zero-order valence-corrected chi connectivity index (χ0v) is 4.90. The summed E-state index contributed by atoms with van der Waals surface area (Å²) in [5.74, 6) is -0.104. The molecule has 0 saturated carbocycles. The van der Waals surface area contributed by atoms with E-state index < -0.39 is 6.36 Å². The van der Waals surface area contributed by atoms with Crippen LogP contribution in [0.4, 0.5) is 13.2 Å². The van der Waals surface area contributed by atoms with Crippen LogP contribution in [0.5, 0.6) is 0 Å². The van der Waals surface area contributed by atoms with Crippen molar-refractivity contribution >= 4 is 0 Å². The molecule has 0 spiro atoms. The first-order chi connectivity index (χ1) is 4.58. The smallest absolute Gasteiger partial charge is 0.409 e. The van der Waals surface area contributed by atoms with Crippen molar-refractivity contribution in [3.63, 3.8) is 0 Å². The number of nitrogens with one attached hydrogen (secondary N) is 1. The average Bonchev–Trinajstić information content (AvgIpc) is 2.12. The largest absolute Gasteiger partial charge is 0.572 e. The second-order valence-electron chi connectivity index (χ2n) is 1.73. The second kappa shape index (κ2) is 2.40. The van der Waals surface area contributed by atoms with Crippen molar-refractivity contribution in [2.24, 2.45) is 0 Å². The highest BCUT2D eigenvalue weighted by Crippen LogP contribution is 2.23. The quantitative estimate of drug-likeness (QED) is 0.615. The number of ether oxygens (including phenoxy) is 1. The maximum Gasteiger partial charge on any atom is 0.572 e. The van der Waals surface area contributed by atoms with Crippen LogP contribution in [0.3, 0.4) is 0 Å². The van der Waals surface area contributed by atoms with Crippen molar-refractivity contribution < 1.29 is 17.9 Å². The van der Waals surface area contributed by atoms with Crippen LogP contribution in [0.25, 0.3) is 0 Å².